The van der Waals surface area contributed by atoms with Crippen LogP contribution < -0.4 is 11.1 Å². The van der Waals surface area contributed by atoms with Crippen molar-refractivity contribution in [2.45, 2.75) is 51.0 Å². The van der Waals surface area contributed by atoms with Crippen LogP contribution in [0.4, 0.5) is 5.69 Å². The molecule has 0 aliphatic heterocycles. The normalized spacial score (nSPS) is 32.2. The lowest BCUT2D eigenvalue weighted by atomic mass is 9.52. The quantitative estimate of drug-likeness (QED) is 0.740. The van der Waals surface area contributed by atoms with Crippen LogP contribution in [0.25, 0.3) is 0 Å². The Morgan fingerprint density at radius 2 is 1.85 bits per heavy atom. The molecule has 142 valence electrons. The Bertz CT molecular complexity index is 655. The second-order valence-electron chi connectivity index (χ2n) is 8.72. The lowest BCUT2D eigenvalue weighted by Gasteiger charge is -2.60. The van der Waals surface area contributed by atoms with Gasteiger partial charge in [-0.25, -0.2) is 0 Å². The van der Waals surface area contributed by atoms with Gasteiger partial charge in [0.15, 0.2) is 0 Å². The fourth-order valence-corrected chi connectivity index (χ4v) is 6.57. The highest BCUT2D eigenvalue weighted by Gasteiger charge is 2.52. The highest BCUT2D eigenvalue weighted by molar-refractivity contribution is 6.34. The standard InChI is InChI=1S/C21H30ClN3O/c1-2-25(21-11-14-7-15(12-21)9-16(8-14)13-21)6-5-24-20(26)18-4-3-17(23)10-19(18)22/h3-4,10,14-16H,2,5-9,11-13,23H2,1H3,(H,24,26). The van der Waals surface area contributed by atoms with E-state index in [9.17, 15) is 4.79 Å². The number of likely N-dealkylation sites (N-methyl/N-ethyl adjacent to an activating group) is 1. The third-order valence-corrected chi connectivity index (χ3v) is 7.28. The van der Waals surface area contributed by atoms with Crippen LogP contribution in [-0.2, 0) is 0 Å². The first-order valence-electron chi connectivity index (χ1n) is 10.1. The van der Waals surface area contributed by atoms with Crippen molar-refractivity contribution in [2.75, 3.05) is 25.4 Å². The number of nitrogens with zero attached hydrogens (tertiary/aromatic N) is 1. The summed E-state index contributed by atoms with van der Waals surface area (Å²) in [5.41, 5.74) is 7.18. The fraction of sp³-hybridized carbons (Fsp3) is 0.667. The molecule has 0 saturated heterocycles. The van der Waals surface area contributed by atoms with Crippen molar-refractivity contribution < 1.29 is 4.79 Å². The average molecular weight is 376 g/mol. The number of anilines is 1. The highest BCUT2D eigenvalue weighted by atomic mass is 35.5. The molecule has 0 aromatic heterocycles. The Morgan fingerprint density at radius 1 is 1.23 bits per heavy atom. The molecular formula is C21H30ClN3O. The fourth-order valence-electron chi connectivity index (χ4n) is 6.30. The summed E-state index contributed by atoms with van der Waals surface area (Å²) >= 11 is 6.15. The van der Waals surface area contributed by atoms with Gasteiger partial charge in [-0.05, 0) is 81.0 Å². The number of carbonyl (C=O) groups excluding carboxylic acids is 1. The molecule has 4 bridgehead atoms. The monoisotopic (exact) mass is 375 g/mol. The molecule has 4 nitrogen and oxygen atoms in total. The number of nitrogen functional groups attached to an aromatic ring is 1. The highest BCUT2D eigenvalue weighted by Crippen LogP contribution is 2.57. The molecule has 26 heavy (non-hydrogen) atoms. The van der Waals surface area contributed by atoms with Crippen molar-refractivity contribution in [2.24, 2.45) is 17.8 Å². The molecule has 5 rings (SSSR count). The van der Waals surface area contributed by atoms with E-state index in [4.69, 9.17) is 17.3 Å². The average Bonchev–Trinajstić information content (AvgIpc) is 2.57. The van der Waals surface area contributed by atoms with Crippen molar-refractivity contribution in [1.29, 1.82) is 0 Å². The molecule has 4 aliphatic rings. The number of benzene rings is 1. The first-order chi connectivity index (χ1) is 12.5. The van der Waals surface area contributed by atoms with Gasteiger partial charge in [0.1, 0.15) is 0 Å². The molecule has 0 spiro atoms. The predicted octanol–water partition coefficient (Wildman–Crippen LogP) is 3.94. The van der Waals surface area contributed by atoms with Crippen LogP contribution in [0.1, 0.15) is 55.8 Å². The van der Waals surface area contributed by atoms with Crippen molar-refractivity contribution >= 4 is 23.2 Å². The number of amides is 1. The Balaban J connectivity index is 1.37. The van der Waals surface area contributed by atoms with E-state index in [1.54, 1.807) is 18.2 Å². The van der Waals surface area contributed by atoms with Gasteiger partial charge in [-0.2, -0.15) is 0 Å². The van der Waals surface area contributed by atoms with E-state index in [2.05, 4.69) is 17.1 Å². The van der Waals surface area contributed by atoms with Crippen LogP contribution in [0.2, 0.25) is 5.02 Å². The molecule has 4 fully saturated rings. The minimum absolute atomic E-state index is 0.114. The molecule has 0 atom stereocenters. The van der Waals surface area contributed by atoms with Gasteiger partial charge in [0.05, 0.1) is 10.6 Å². The minimum Gasteiger partial charge on any atom is -0.399 e. The van der Waals surface area contributed by atoms with Crippen LogP contribution in [0.5, 0.6) is 0 Å². The third-order valence-electron chi connectivity index (χ3n) is 6.96. The van der Waals surface area contributed by atoms with E-state index in [0.717, 1.165) is 30.8 Å². The van der Waals surface area contributed by atoms with Crippen LogP contribution in [0.15, 0.2) is 18.2 Å². The van der Waals surface area contributed by atoms with Gasteiger partial charge in [0, 0.05) is 24.3 Å². The number of nitrogens with two attached hydrogens (primary N) is 1. The Hall–Kier alpha value is -1.26. The van der Waals surface area contributed by atoms with E-state index in [1.165, 1.54) is 38.5 Å². The zero-order valence-electron chi connectivity index (χ0n) is 15.6. The van der Waals surface area contributed by atoms with Gasteiger partial charge in [0.2, 0.25) is 0 Å². The summed E-state index contributed by atoms with van der Waals surface area (Å²) in [7, 11) is 0. The molecule has 5 heteroatoms. The Morgan fingerprint density at radius 3 is 2.38 bits per heavy atom. The minimum atomic E-state index is -0.114. The number of hydrogen-bond donors (Lipinski definition) is 2. The number of halogens is 1. The van der Waals surface area contributed by atoms with E-state index in [1.807, 2.05) is 0 Å². The zero-order chi connectivity index (χ0) is 18.3. The number of rotatable bonds is 6. The van der Waals surface area contributed by atoms with E-state index in [0.29, 0.717) is 28.4 Å². The molecule has 0 radical (unpaired) electrons. The number of nitrogens with one attached hydrogen (secondary N) is 1. The van der Waals surface area contributed by atoms with E-state index >= 15 is 0 Å². The zero-order valence-corrected chi connectivity index (χ0v) is 16.4. The predicted molar refractivity (Wildman–Crippen MR) is 106 cm³/mol. The largest absolute Gasteiger partial charge is 0.399 e. The summed E-state index contributed by atoms with van der Waals surface area (Å²) in [6.07, 6.45) is 8.48. The second-order valence-corrected chi connectivity index (χ2v) is 9.12. The second kappa shape index (κ2) is 7.05. The van der Waals surface area contributed by atoms with Gasteiger partial charge in [-0.1, -0.05) is 18.5 Å². The molecule has 3 N–H and O–H groups in total. The smallest absolute Gasteiger partial charge is 0.252 e. The van der Waals surface area contributed by atoms with Crippen LogP contribution in [-0.4, -0.2) is 36.0 Å². The SMILES string of the molecule is CCN(CCNC(=O)c1ccc(N)cc1Cl)C12CC3CC(CC(C3)C1)C2. The van der Waals surface area contributed by atoms with Crippen molar-refractivity contribution in [3.05, 3.63) is 28.8 Å². The van der Waals surface area contributed by atoms with E-state index in [-0.39, 0.29) is 5.91 Å². The summed E-state index contributed by atoms with van der Waals surface area (Å²) in [5, 5.41) is 3.46. The summed E-state index contributed by atoms with van der Waals surface area (Å²) in [5.74, 6) is 2.71. The van der Waals surface area contributed by atoms with Crippen LogP contribution >= 0.6 is 11.6 Å². The van der Waals surface area contributed by atoms with Crippen LogP contribution in [0.3, 0.4) is 0 Å². The van der Waals surface area contributed by atoms with Gasteiger partial charge in [0.25, 0.3) is 5.91 Å². The van der Waals surface area contributed by atoms with Crippen LogP contribution in [0, 0.1) is 17.8 Å². The molecule has 0 heterocycles. The maximum atomic E-state index is 12.4. The van der Waals surface area contributed by atoms with Crippen molar-refractivity contribution in [1.82, 2.24) is 10.2 Å². The first kappa shape index (κ1) is 18.1. The Kier molecular flexibility index (Phi) is 4.91. The van der Waals surface area contributed by atoms with Crippen molar-refractivity contribution in [3.63, 3.8) is 0 Å². The first-order valence-corrected chi connectivity index (χ1v) is 10.4. The number of hydrogen-bond acceptors (Lipinski definition) is 3. The lowest BCUT2D eigenvalue weighted by molar-refractivity contribution is -0.0863. The molecule has 0 unspecified atom stereocenters. The third kappa shape index (κ3) is 3.34. The Labute approximate surface area is 161 Å². The summed E-state index contributed by atoms with van der Waals surface area (Å²) < 4.78 is 0. The lowest BCUT2D eigenvalue weighted by Crippen LogP contribution is -2.60. The molecular weight excluding hydrogens is 346 g/mol. The van der Waals surface area contributed by atoms with E-state index < -0.39 is 0 Å². The van der Waals surface area contributed by atoms with Gasteiger partial charge < -0.3 is 11.1 Å². The summed E-state index contributed by atoms with van der Waals surface area (Å²) in [6, 6.07) is 5.04. The molecule has 4 aliphatic carbocycles. The topological polar surface area (TPSA) is 58.4 Å². The van der Waals surface area contributed by atoms with Gasteiger partial charge in [-0.15, -0.1) is 0 Å². The maximum Gasteiger partial charge on any atom is 0.252 e. The van der Waals surface area contributed by atoms with Gasteiger partial charge >= 0.3 is 0 Å². The molecule has 1 aromatic rings. The summed E-state index contributed by atoms with van der Waals surface area (Å²) in [6.45, 7) is 4.90. The summed E-state index contributed by atoms with van der Waals surface area (Å²) in [4.78, 5) is 15.1. The maximum absolute atomic E-state index is 12.4. The van der Waals surface area contributed by atoms with Crippen molar-refractivity contribution in [3.8, 4) is 0 Å². The number of carbonyl (C=O) groups is 1. The van der Waals surface area contributed by atoms with Gasteiger partial charge in [-0.3, -0.25) is 9.69 Å². The molecule has 1 amide bonds. The molecule has 4 saturated carbocycles. The molecule has 1 aromatic carbocycles.